The quantitative estimate of drug-likeness (QED) is 0.189. The second-order valence-corrected chi connectivity index (χ2v) is 10.9. The topological polar surface area (TPSA) is 38.5 Å². The molecule has 1 atom stereocenters. The van der Waals surface area contributed by atoms with E-state index in [1.165, 1.54) is 107 Å². The summed E-state index contributed by atoms with van der Waals surface area (Å²) in [4.78, 5) is 5.22. The lowest BCUT2D eigenvalue weighted by atomic mass is 9.98. The lowest BCUT2D eigenvalue weighted by Gasteiger charge is -2.13. The molecule has 37 heavy (non-hydrogen) atoms. The van der Waals surface area contributed by atoms with Crippen molar-refractivity contribution in [2.75, 3.05) is 6.61 Å². The van der Waals surface area contributed by atoms with Crippen molar-refractivity contribution in [3.05, 3.63) is 53.1 Å². The molecule has 0 spiro atoms. The van der Waals surface area contributed by atoms with Crippen LogP contribution in [-0.2, 0) is 11.8 Å². The van der Waals surface area contributed by atoms with E-state index in [-0.39, 0.29) is 6.10 Å². The molecule has 0 amide bonds. The molecule has 0 aromatic carbocycles. The zero-order valence-corrected chi connectivity index (χ0v) is 24.3. The number of nitrogens with zero attached hydrogens (tertiary/aromatic N) is 2. The molecular formula is C33H53N3O. The van der Waals surface area contributed by atoms with Gasteiger partial charge < -0.3 is 14.6 Å². The van der Waals surface area contributed by atoms with Gasteiger partial charge in [-0.05, 0) is 62.5 Å². The van der Waals surface area contributed by atoms with E-state index >= 15 is 0 Å². The second kappa shape index (κ2) is 16.7. The Morgan fingerprint density at radius 2 is 1.46 bits per heavy atom. The summed E-state index contributed by atoms with van der Waals surface area (Å²) >= 11 is 0. The van der Waals surface area contributed by atoms with Crippen molar-refractivity contribution < 1.29 is 4.74 Å². The number of hydrogen-bond acceptors (Lipinski definition) is 3. The van der Waals surface area contributed by atoms with E-state index < -0.39 is 0 Å². The van der Waals surface area contributed by atoms with Gasteiger partial charge >= 0.3 is 0 Å². The maximum atomic E-state index is 6.15. The number of hydrogen-bond donors (Lipinski definition) is 1. The highest BCUT2D eigenvalue weighted by Gasteiger charge is 2.28. The number of allylic oxidation sites excluding steroid dienone is 2. The third kappa shape index (κ3) is 9.32. The molecule has 1 aromatic heterocycles. The van der Waals surface area contributed by atoms with Crippen LogP contribution in [0.4, 0.5) is 0 Å². The zero-order chi connectivity index (χ0) is 26.3. The van der Waals surface area contributed by atoms with Crippen LogP contribution < -0.4 is 5.32 Å². The van der Waals surface area contributed by atoms with Gasteiger partial charge in [0.15, 0.2) is 0 Å². The Hall–Kier alpha value is -2.07. The lowest BCUT2D eigenvalue weighted by Crippen LogP contribution is -2.18. The first-order valence-electron chi connectivity index (χ1n) is 15.4. The van der Waals surface area contributed by atoms with Gasteiger partial charge in [-0.2, -0.15) is 0 Å². The number of aliphatic imine (C=N–C) groups is 1. The van der Waals surface area contributed by atoms with Crippen molar-refractivity contribution in [1.82, 2.24) is 9.88 Å². The lowest BCUT2D eigenvalue weighted by molar-refractivity contribution is 0.121. The van der Waals surface area contributed by atoms with E-state index in [2.05, 4.69) is 68.2 Å². The van der Waals surface area contributed by atoms with E-state index in [9.17, 15) is 0 Å². The molecule has 0 fully saturated rings. The van der Waals surface area contributed by atoms with Crippen molar-refractivity contribution in [3.8, 4) is 0 Å². The molecule has 0 radical (unpaired) electrons. The van der Waals surface area contributed by atoms with Crippen LogP contribution in [-0.4, -0.2) is 23.0 Å². The Labute approximate surface area is 227 Å². The molecule has 1 N–H and O–H groups in total. The Morgan fingerprint density at radius 3 is 2.05 bits per heavy atom. The van der Waals surface area contributed by atoms with Crippen LogP contribution >= 0.6 is 0 Å². The van der Waals surface area contributed by atoms with Crippen LogP contribution in [0.2, 0.25) is 0 Å². The summed E-state index contributed by atoms with van der Waals surface area (Å²) in [7, 11) is 2.09. The summed E-state index contributed by atoms with van der Waals surface area (Å²) in [6.45, 7) is 7.33. The van der Waals surface area contributed by atoms with E-state index in [1.54, 1.807) is 0 Å². The molecule has 0 aliphatic carbocycles. The predicted molar refractivity (Wildman–Crippen MR) is 160 cm³/mol. The fourth-order valence-corrected chi connectivity index (χ4v) is 5.49. The number of aryl methyl sites for hydroxylation is 1. The minimum atomic E-state index is -0.0669. The number of rotatable bonds is 19. The highest BCUT2D eigenvalue weighted by Crippen LogP contribution is 2.32. The third-order valence-electron chi connectivity index (χ3n) is 7.72. The van der Waals surface area contributed by atoms with Gasteiger partial charge in [0.1, 0.15) is 6.10 Å². The molecule has 2 aliphatic heterocycles. The van der Waals surface area contributed by atoms with Gasteiger partial charge in [-0.15, -0.1) is 0 Å². The number of ether oxygens (including phenoxy) is 1. The molecule has 3 rings (SSSR count). The highest BCUT2D eigenvalue weighted by atomic mass is 16.5. The summed E-state index contributed by atoms with van der Waals surface area (Å²) in [5.41, 5.74) is 7.26. The average Bonchev–Trinajstić information content (AvgIpc) is 3.61. The number of aromatic nitrogens is 1. The summed E-state index contributed by atoms with van der Waals surface area (Å²) in [5, 5.41) is 3.68. The molecule has 0 saturated heterocycles. The molecular weight excluding hydrogens is 454 g/mol. The molecule has 4 heteroatoms. The standard InChI is InChI=1S/C33H53N3O/c1-5-8-10-12-13-14-15-17-18-21-27-25-30(34-28(27)22-19-16-11-9-6-2)33-32(37-7-3)26-29(35-33)31-23-20-24-36(31)4/h20,23-26,32,35H,5-19,21-22H2,1-4H3. The smallest absolute Gasteiger partial charge is 0.120 e. The number of nitrogens with one attached hydrogen (secondary N) is 1. The van der Waals surface area contributed by atoms with Crippen molar-refractivity contribution in [1.29, 1.82) is 0 Å². The van der Waals surface area contributed by atoms with Crippen LogP contribution in [0.5, 0.6) is 0 Å². The van der Waals surface area contributed by atoms with Gasteiger partial charge in [0.2, 0.25) is 0 Å². The molecule has 3 heterocycles. The maximum absolute atomic E-state index is 6.15. The minimum absolute atomic E-state index is 0.0669. The predicted octanol–water partition coefficient (Wildman–Crippen LogP) is 9.25. The number of unbranched alkanes of at least 4 members (excludes halogenated alkanes) is 12. The van der Waals surface area contributed by atoms with Gasteiger partial charge in [-0.25, -0.2) is 0 Å². The van der Waals surface area contributed by atoms with E-state index in [0.717, 1.165) is 29.9 Å². The first-order chi connectivity index (χ1) is 18.2. The zero-order valence-electron chi connectivity index (χ0n) is 24.3. The van der Waals surface area contributed by atoms with Crippen molar-refractivity contribution >= 4 is 11.4 Å². The Morgan fingerprint density at radius 1 is 0.838 bits per heavy atom. The van der Waals surface area contributed by atoms with Crippen LogP contribution in [0.3, 0.4) is 0 Å². The Balaban J connectivity index is 1.64. The summed E-state index contributed by atoms with van der Waals surface area (Å²) in [6, 6.07) is 4.24. The SMILES string of the molecule is CCCCCCCCCCCC1=CC(=C2NC(c3cccn3C)=CC2OCC)N=C1CCCCCCC. The first kappa shape index (κ1) is 29.5. The molecule has 1 aromatic rings. The first-order valence-corrected chi connectivity index (χ1v) is 15.4. The van der Waals surface area contributed by atoms with Crippen LogP contribution in [0, 0.1) is 0 Å². The molecule has 2 aliphatic rings. The second-order valence-electron chi connectivity index (χ2n) is 10.9. The van der Waals surface area contributed by atoms with Gasteiger partial charge in [-0.3, -0.25) is 4.99 Å². The molecule has 4 nitrogen and oxygen atoms in total. The third-order valence-corrected chi connectivity index (χ3v) is 7.72. The normalized spacial score (nSPS) is 19.2. The molecule has 0 bridgehead atoms. The van der Waals surface area contributed by atoms with E-state index in [1.807, 2.05) is 0 Å². The van der Waals surface area contributed by atoms with Gasteiger partial charge in [0.05, 0.1) is 22.8 Å². The minimum Gasteiger partial charge on any atom is -0.368 e. The molecule has 1 unspecified atom stereocenters. The van der Waals surface area contributed by atoms with Crippen LogP contribution in [0.1, 0.15) is 129 Å². The largest absolute Gasteiger partial charge is 0.368 e. The molecule has 206 valence electrons. The van der Waals surface area contributed by atoms with E-state index in [0.29, 0.717) is 6.61 Å². The average molecular weight is 508 g/mol. The fraction of sp³-hybridized carbons (Fsp3) is 0.667. The van der Waals surface area contributed by atoms with Gasteiger partial charge in [-0.1, -0.05) is 90.9 Å². The van der Waals surface area contributed by atoms with Crippen LogP contribution in [0.25, 0.3) is 5.70 Å². The molecule has 0 saturated carbocycles. The van der Waals surface area contributed by atoms with Crippen molar-refractivity contribution in [3.63, 3.8) is 0 Å². The Bertz CT molecular complexity index is 933. The summed E-state index contributed by atoms with van der Waals surface area (Å²) in [6.07, 6.45) is 27.7. The van der Waals surface area contributed by atoms with Gasteiger partial charge in [0, 0.05) is 25.6 Å². The summed E-state index contributed by atoms with van der Waals surface area (Å²) in [5.74, 6) is 0. The summed E-state index contributed by atoms with van der Waals surface area (Å²) < 4.78 is 8.30. The van der Waals surface area contributed by atoms with Crippen molar-refractivity contribution in [2.24, 2.45) is 12.0 Å². The highest BCUT2D eigenvalue weighted by molar-refractivity contribution is 6.03. The maximum Gasteiger partial charge on any atom is 0.120 e. The monoisotopic (exact) mass is 507 g/mol. The van der Waals surface area contributed by atoms with Gasteiger partial charge in [0.25, 0.3) is 0 Å². The fourth-order valence-electron chi connectivity index (χ4n) is 5.49. The van der Waals surface area contributed by atoms with E-state index in [4.69, 9.17) is 9.73 Å². The van der Waals surface area contributed by atoms with Crippen LogP contribution in [0.15, 0.2) is 52.4 Å². The van der Waals surface area contributed by atoms with Crippen molar-refractivity contribution in [2.45, 2.75) is 130 Å². The Kier molecular flexibility index (Phi) is 13.3.